The molecule has 0 bridgehead atoms. The quantitative estimate of drug-likeness (QED) is 0.452. The summed E-state index contributed by atoms with van der Waals surface area (Å²) < 4.78 is 14.0. The molecule has 2 unspecified atom stereocenters. The summed E-state index contributed by atoms with van der Waals surface area (Å²) in [6.07, 6.45) is 0. The highest BCUT2D eigenvalue weighted by Gasteiger charge is 2.20. The molecule has 0 aromatic carbocycles. The van der Waals surface area contributed by atoms with Gasteiger partial charge in [-0.15, -0.1) is 0 Å². The molecule has 0 saturated heterocycles. The summed E-state index contributed by atoms with van der Waals surface area (Å²) in [6.45, 7) is 1.32. The van der Waals surface area contributed by atoms with Crippen molar-refractivity contribution in [3.63, 3.8) is 0 Å². The summed E-state index contributed by atoms with van der Waals surface area (Å²) in [6, 6.07) is -0.941. The first kappa shape index (κ1) is 9.58. The van der Waals surface area contributed by atoms with Gasteiger partial charge in [0.2, 0.25) is 0 Å². The maximum Gasteiger partial charge on any atom is 0.455 e. The Labute approximate surface area is 57.7 Å². The van der Waals surface area contributed by atoms with Gasteiger partial charge in [0.1, 0.15) is 6.04 Å². The summed E-state index contributed by atoms with van der Waals surface area (Å²) in [5.74, 6) is -0.992. The third kappa shape index (κ3) is 4.46. The molecule has 5 N–H and O–H groups in total. The lowest BCUT2D eigenvalue weighted by molar-refractivity contribution is -0.135. The van der Waals surface area contributed by atoms with E-state index in [1.165, 1.54) is 6.92 Å². The lowest BCUT2D eigenvalue weighted by Gasteiger charge is -2.07. The van der Waals surface area contributed by atoms with Crippen molar-refractivity contribution < 1.29 is 18.8 Å². The number of rotatable bonds is 2. The van der Waals surface area contributed by atoms with E-state index in [0.29, 0.717) is 0 Å². The molecular weight excluding hydrogens is 159 g/mol. The third-order valence-corrected chi connectivity index (χ3v) is 1.03. The lowest BCUT2D eigenvalue weighted by atomic mass is 10.4. The highest BCUT2D eigenvalue weighted by Crippen LogP contribution is 2.31. The van der Waals surface area contributed by atoms with Crippen LogP contribution in [0.15, 0.2) is 0 Å². The van der Waals surface area contributed by atoms with Crippen molar-refractivity contribution in [1.82, 2.24) is 0 Å². The summed E-state index contributed by atoms with van der Waals surface area (Å²) in [5, 5.41) is 0. The van der Waals surface area contributed by atoms with E-state index in [9.17, 15) is 9.36 Å². The van der Waals surface area contributed by atoms with E-state index in [1.54, 1.807) is 0 Å². The Hall–Kier alpha value is -0.420. The Bertz CT molecular complexity index is 173. The number of hydrogen-bond acceptors (Lipinski definition) is 4. The molecule has 7 heteroatoms. The van der Waals surface area contributed by atoms with Gasteiger partial charge in [-0.3, -0.25) is 4.79 Å². The van der Waals surface area contributed by atoms with Crippen LogP contribution in [0.1, 0.15) is 6.92 Å². The van der Waals surface area contributed by atoms with Crippen molar-refractivity contribution in [3.05, 3.63) is 0 Å². The maximum atomic E-state index is 10.4. The van der Waals surface area contributed by atoms with Gasteiger partial charge < -0.3 is 15.2 Å². The van der Waals surface area contributed by atoms with E-state index < -0.39 is 19.8 Å². The van der Waals surface area contributed by atoms with Crippen LogP contribution in [0, 0.1) is 0 Å². The molecular formula is C3H9N2O4P. The van der Waals surface area contributed by atoms with Crippen molar-refractivity contribution in [1.29, 1.82) is 0 Å². The molecule has 0 aliphatic carbocycles. The van der Waals surface area contributed by atoms with E-state index in [1.807, 2.05) is 0 Å². The van der Waals surface area contributed by atoms with E-state index >= 15 is 0 Å². The molecule has 10 heavy (non-hydrogen) atoms. The SMILES string of the molecule is CC(N)C(=O)OP(N)(=O)O. The van der Waals surface area contributed by atoms with Gasteiger partial charge in [0.15, 0.2) is 0 Å². The molecule has 60 valence electrons. The van der Waals surface area contributed by atoms with Crippen molar-refractivity contribution in [2.75, 3.05) is 0 Å². The molecule has 0 spiro atoms. The number of nitrogens with two attached hydrogens (primary N) is 2. The standard InChI is InChI=1S/C3H9N2O4P/c1-2(4)3(6)9-10(5,7)8/h2H,4H2,1H3,(H3,5,7,8). The summed E-state index contributed by atoms with van der Waals surface area (Å²) in [4.78, 5) is 18.7. The predicted octanol–water partition coefficient (Wildman–Crippen LogP) is -1.06. The van der Waals surface area contributed by atoms with Gasteiger partial charge in [0.25, 0.3) is 0 Å². The molecule has 6 nitrogen and oxygen atoms in total. The largest absolute Gasteiger partial charge is 0.455 e. The van der Waals surface area contributed by atoms with Crippen LogP contribution in [-0.2, 0) is 13.9 Å². The molecule has 0 fully saturated rings. The minimum absolute atomic E-state index is 0.941. The Morgan fingerprint density at radius 3 is 2.30 bits per heavy atom. The summed E-state index contributed by atoms with van der Waals surface area (Å²) in [7, 11) is -4.21. The molecule has 0 aliphatic rings. The first-order chi connectivity index (χ1) is 4.33. The Balaban J connectivity index is 3.94. The van der Waals surface area contributed by atoms with Gasteiger partial charge in [-0.25, -0.2) is 10.1 Å². The van der Waals surface area contributed by atoms with Crippen LogP contribution < -0.4 is 11.2 Å². The fraction of sp³-hybridized carbons (Fsp3) is 0.667. The highest BCUT2D eigenvalue weighted by molar-refractivity contribution is 7.50. The number of carbonyl (C=O) groups is 1. The second-order valence-electron chi connectivity index (χ2n) is 1.76. The van der Waals surface area contributed by atoms with E-state index in [-0.39, 0.29) is 0 Å². The fourth-order valence-corrected chi connectivity index (χ4v) is 0.636. The van der Waals surface area contributed by atoms with E-state index in [0.717, 1.165) is 0 Å². The van der Waals surface area contributed by atoms with Crippen LogP contribution >= 0.6 is 7.75 Å². The van der Waals surface area contributed by atoms with Gasteiger partial charge in [0.05, 0.1) is 0 Å². The first-order valence-electron chi connectivity index (χ1n) is 2.43. The van der Waals surface area contributed by atoms with Gasteiger partial charge >= 0.3 is 13.7 Å². The van der Waals surface area contributed by atoms with Gasteiger partial charge in [0, 0.05) is 0 Å². The number of hydrogen-bond donors (Lipinski definition) is 3. The van der Waals surface area contributed by atoms with Crippen molar-refractivity contribution >= 4 is 13.7 Å². The van der Waals surface area contributed by atoms with Gasteiger partial charge in [-0.1, -0.05) is 0 Å². The zero-order chi connectivity index (χ0) is 8.36. The van der Waals surface area contributed by atoms with Gasteiger partial charge in [-0.2, -0.15) is 0 Å². The molecule has 0 rings (SSSR count). The molecule has 2 atom stereocenters. The highest BCUT2D eigenvalue weighted by atomic mass is 31.2. The number of carbonyl (C=O) groups excluding carboxylic acids is 1. The van der Waals surface area contributed by atoms with Crippen LogP contribution in [0.2, 0.25) is 0 Å². The lowest BCUT2D eigenvalue weighted by Crippen LogP contribution is -2.28. The normalized spacial score (nSPS) is 19.2. The second-order valence-corrected chi connectivity index (χ2v) is 3.07. The summed E-state index contributed by atoms with van der Waals surface area (Å²) in [5.41, 5.74) is 9.47. The fourth-order valence-electron chi connectivity index (χ4n) is 0.212. The van der Waals surface area contributed by atoms with Crippen LogP contribution in [0.5, 0.6) is 0 Å². The smallest absolute Gasteiger partial charge is 0.379 e. The van der Waals surface area contributed by atoms with Crippen molar-refractivity contribution in [2.24, 2.45) is 11.2 Å². The molecule has 0 heterocycles. The molecule has 0 amide bonds. The third-order valence-electron chi connectivity index (χ3n) is 0.593. The topological polar surface area (TPSA) is 116 Å². The zero-order valence-electron chi connectivity index (χ0n) is 5.35. The molecule has 0 aromatic rings. The predicted molar refractivity (Wildman–Crippen MR) is 33.8 cm³/mol. The van der Waals surface area contributed by atoms with Crippen molar-refractivity contribution in [2.45, 2.75) is 13.0 Å². The average molecular weight is 168 g/mol. The molecule has 0 saturated carbocycles. The average Bonchev–Trinajstić information content (AvgIpc) is 1.60. The zero-order valence-corrected chi connectivity index (χ0v) is 6.25. The van der Waals surface area contributed by atoms with Crippen molar-refractivity contribution in [3.8, 4) is 0 Å². The van der Waals surface area contributed by atoms with E-state index in [2.05, 4.69) is 10.0 Å². The maximum absolute atomic E-state index is 10.4. The second kappa shape index (κ2) is 3.12. The molecule has 0 aromatic heterocycles. The van der Waals surface area contributed by atoms with Gasteiger partial charge in [-0.05, 0) is 6.92 Å². The Morgan fingerprint density at radius 2 is 2.20 bits per heavy atom. The van der Waals surface area contributed by atoms with Crippen LogP contribution in [0.25, 0.3) is 0 Å². The molecule has 0 radical (unpaired) electrons. The van der Waals surface area contributed by atoms with Crippen LogP contribution in [0.3, 0.4) is 0 Å². The minimum Gasteiger partial charge on any atom is -0.379 e. The van der Waals surface area contributed by atoms with E-state index in [4.69, 9.17) is 10.6 Å². The monoisotopic (exact) mass is 168 g/mol. The summed E-state index contributed by atoms with van der Waals surface area (Å²) >= 11 is 0. The van der Waals surface area contributed by atoms with Crippen LogP contribution in [0.4, 0.5) is 0 Å². The Morgan fingerprint density at radius 1 is 1.80 bits per heavy atom. The van der Waals surface area contributed by atoms with Crippen LogP contribution in [-0.4, -0.2) is 16.9 Å². The minimum atomic E-state index is -4.21. The first-order valence-corrected chi connectivity index (χ1v) is 4.08. The Kier molecular flexibility index (Phi) is 2.98. The molecule has 0 aliphatic heterocycles.